The van der Waals surface area contributed by atoms with Gasteiger partial charge in [-0.3, -0.25) is 4.98 Å². The Morgan fingerprint density at radius 3 is 1.65 bits per heavy atom. The van der Waals surface area contributed by atoms with Crippen molar-refractivity contribution in [3.05, 3.63) is 132 Å². The van der Waals surface area contributed by atoms with Crippen LogP contribution in [0.5, 0.6) is 0 Å². The first-order valence-electron chi connectivity index (χ1n) is 15.4. The van der Waals surface area contributed by atoms with Gasteiger partial charge in [-0.05, 0) is 110 Å². The van der Waals surface area contributed by atoms with E-state index in [9.17, 15) is 0 Å². The number of pyridine rings is 1. The molecule has 0 aliphatic carbocycles. The van der Waals surface area contributed by atoms with Gasteiger partial charge in [0.15, 0.2) is 0 Å². The molecule has 0 fully saturated rings. The summed E-state index contributed by atoms with van der Waals surface area (Å²) in [7, 11) is 0. The lowest BCUT2D eigenvalue weighted by atomic mass is 9.86. The second kappa shape index (κ2) is 11.9. The van der Waals surface area contributed by atoms with Gasteiger partial charge in [-0.25, -0.2) is 0 Å². The van der Waals surface area contributed by atoms with Crippen molar-refractivity contribution < 1.29 is 0 Å². The Kier molecular flexibility index (Phi) is 7.86. The summed E-state index contributed by atoms with van der Waals surface area (Å²) in [6, 6.07) is 36.3. The van der Waals surface area contributed by atoms with Crippen molar-refractivity contribution in [3.8, 4) is 44.5 Å². The fraction of sp³-hybridized carbons (Fsp3) is 0.195. The van der Waals surface area contributed by atoms with Crippen LogP contribution in [-0.2, 0) is 0 Å². The maximum absolute atomic E-state index is 4.66. The number of hydrogen-bond donors (Lipinski definition) is 0. The molecule has 6 aromatic rings. The Morgan fingerprint density at radius 1 is 0.535 bits per heavy atom. The first-order chi connectivity index (χ1) is 20.8. The molecule has 0 spiro atoms. The maximum atomic E-state index is 4.66. The summed E-state index contributed by atoms with van der Waals surface area (Å²) in [4.78, 5) is 7.08. The van der Waals surface area contributed by atoms with Crippen LogP contribution in [0.15, 0.2) is 109 Å². The third-order valence-corrected chi connectivity index (χ3v) is 8.45. The Labute approximate surface area is 256 Å². The number of aromatic nitrogens is 1. The molecule has 0 amide bonds. The fourth-order valence-corrected chi connectivity index (χ4v) is 6.62. The van der Waals surface area contributed by atoms with Crippen LogP contribution in [0.2, 0.25) is 0 Å². The number of rotatable bonds is 7. The molecule has 5 aromatic carbocycles. The summed E-state index contributed by atoms with van der Waals surface area (Å²) < 4.78 is 0. The Balaban J connectivity index is 1.69. The van der Waals surface area contributed by atoms with Crippen LogP contribution in [0.3, 0.4) is 0 Å². The van der Waals surface area contributed by atoms with E-state index in [2.05, 4.69) is 155 Å². The molecular weight excluding hydrogens is 520 g/mol. The highest BCUT2D eigenvalue weighted by molar-refractivity contribution is 6.07. The third kappa shape index (κ3) is 5.70. The molecular formula is C41H40N2. The first kappa shape index (κ1) is 28.4. The highest BCUT2D eigenvalue weighted by Gasteiger charge is 2.19. The van der Waals surface area contributed by atoms with E-state index in [1.165, 1.54) is 83.2 Å². The summed E-state index contributed by atoms with van der Waals surface area (Å²) in [5, 5.41) is 2.47. The lowest BCUT2D eigenvalue weighted by Gasteiger charge is -2.25. The summed E-state index contributed by atoms with van der Waals surface area (Å²) in [6.45, 7) is 15.1. The van der Waals surface area contributed by atoms with Crippen molar-refractivity contribution in [1.82, 2.24) is 4.98 Å². The third-order valence-electron chi connectivity index (χ3n) is 8.45. The number of anilines is 1. The zero-order chi connectivity index (χ0) is 30.1. The largest absolute Gasteiger partial charge is 0.371 e. The van der Waals surface area contributed by atoms with Crippen molar-refractivity contribution in [3.63, 3.8) is 0 Å². The molecule has 2 heteroatoms. The zero-order valence-electron chi connectivity index (χ0n) is 26.2. The fourth-order valence-electron chi connectivity index (χ4n) is 6.62. The molecule has 0 aliphatic heterocycles. The van der Waals surface area contributed by atoms with Crippen molar-refractivity contribution in [2.45, 2.75) is 41.5 Å². The molecule has 6 rings (SSSR count). The molecule has 214 valence electrons. The predicted octanol–water partition coefficient (Wildman–Crippen LogP) is 11.0. The molecule has 1 aromatic heterocycles. The van der Waals surface area contributed by atoms with Crippen molar-refractivity contribution >= 4 is 16.5 Å². The lowest BCUT2D eigenvalue weighted by Crippen LogP contribution is -2.22. The summed E-state index contributed by atoms with van der Waals surface area (Å²) in [5.41, 5.74) is 16.1. The summed E-state index contributed by atoms with van der Waals surface area (Å²) >= 11 is 0. The van der Waals surface area contributed by atoms with E-state index in [4.69, 9.17) is 0 Å². The normalized spacial score (nSPS) is 11.2. The summed E-state index contributed by atoms with van der Waals surface area (Å²) in [5.74, 6) is 0. The molecule has 0 unspecified atom stereocenters. The van der Waals surface area contributed by atoms with Gasteiger partial charge in [0, 0.05) is 42.3 Å². The van der Waals surface area contributed by atoms with Crippen molar-refractivity contribution in [1.29, 1.82) is 0 Å². The molecule has 0 aliphatic rings. The van der Waals surface area contributed by atoms with E-state index >= 15 is 0 Å². The van der Waals surface area contributed by atoms with Crippen LogP contribution in [0, 0.1) is 27.7 Å². The van der Waals surface area contributed by atoms with Crippen molar-refractivity contribution in [2.75, 3.05) is 18.0 Å². The SMILES string of the molecule is CCN(CC)c1ccncc1-c1c(-c2cc(-c3cc(C)cc(C)c3)cc(-c3cc(C)cc(C)c3)c2)ccc2ccccc12. The van der Waals surface area contributed by atoms with Crippen LogP contribution in [-0.4, -0.2) is 18.1 Å². The van der Waals surface area contributed by atoms with Gasteiger partial charge in [0.05, 0.1) is 0 Å². The highest BCUT2D eigenvalue weighted by atomic mass is 15.1. The minimum atomic E-state index is 0.937. The molecule has 0 saturated heterocycles. The number of aryl methyl sites for hydroxylation is 4. The zero-order valence-corrected chi connectivity index (χ0v) is 26.2. The first-order valence-corrected chi connectivity index (χ1v) is 15.4. The number of fused-ring (bicyclic) bond motifs is 1. The van der Waals surface area contributed by atoms with Crippen LogP contribution in [0.1, 0.15) is 36.1 Å². The van der Waals surface area contributed by atoms with E-state index < -0.39 is 0 Å². The summed E-state index contributed by atoms with van der Waals surface area (Å²) in [6.07, 6.45) is 3.97. The standard InChI is InChI=1S/C41H40N2/c1-7-43(8-2)40-15-16-42-26-39(40)41-37-12-10-9-11-31(37)13-14-38(41)36-24-34(32-19-27(3)17-28(4)20-32)23-35(25-36)33-21-29(5)18-30(6)22-33/h9-26H,7-8H2,1-6H3. The van der Waals surface area contributed by atoms with E-state index in [0.29, 0.717) is 0 Å². The second-order valence-corrected chi connectivity index (χ2v) is 11.8. The average Bonchev–Trinajstić information content (AvgIpc) is 3.00. The Hall–Kier alpha value is -4.69. The molecule has 0 bridgehead atoms. The smallest absolute Gasteiger partial charge is 0.0477 e. The van der Waals surface area contributed by atoms with Gasteiger partial charge in [0.1, 0.15) is 0 Å². The monoisotopic (exact) mass is 560 g/mol. The van der Waals surface area contributed by atoms with Gasteiger partial charge in [-0.1, -0.05) is 95.1 Å². The number of nitrogens with zero attached hydrogens (tertiary/aromatic N) is 2. The minimum absolute atomic E-state index is 0.937. The van der Waals surface area contributed by atoms with Gasteiger partial charge in [0.25, 0.3) is 0 Å². The number of hydrogen-bond acceptors (Lipinski definition) is 2. The second-order valence-electron chi connectivity index (χ2n) is 11.8. The molecule has 0 atom stereocenters. The van der Waals surface area contributed by atoms with Crippen LogP contribution >= 0.6 is 0 Å². The molecule has 1 heterocycles. The molecule has 2 nitrogen and oxygen atoms in total. The van der Waals surface area contributed by atoms with E-state index in [0.717, 1.165) is 13.1 Å². The Morgan fingerprint density at radius 2 is 1.07 bits per heavy atom. The molecule has 0 N–H and O–H groups in total. The Bertz CT molecular complexity index is 1830. The predicted molar refractivity (Wildman–Crippen MR) is 186 cm³/mol. The van der Waals surface area contributed by atoms with Crippen LogP contribution < -0.4 is 4.90 Å². The number of benzene rings is 5. The van der Waals surface area contributed by atoms with Gasteiger partial charge in [-0.15, -0.1) is 0 Å². The van der Waals surface area contributed by atoms with Crippen molar-refractivity contribution in [2.24, 2.45) is 0 Å². The lowest BCUT2D eigenvalue weighted by molar-refractivity contribution is 0.866. The van der Waals surface area contributed by atoms with Gasteiger partial charge >= 0.3 is 0 Å². The minimum Gasteiger partial charge on any atom is -0.371 e. The van der Waals surface area contributed by atoms with E-state index in [-0.39, 0.29) is 0 Å². The van der Waals surface area contributed by atoms with E-state index in [1.807, 2.05) is 6.20 Å². The van der Waals surface area contributed by atoms with Gasteiger partial charge in [-0.2, -0.15) is 0 Å². The van der Waals surface area contributed by atoms with Gasteiger partial charge in [0.2, 0.25) is 0 Å². The van der Waals surface area contributed by atoms with Crippen LogP contribution in [0.25, 0.3) is 55.3 Å². The average molecular weight is 561 g/mol. The quantitative estimate of drug-likeness (QED) is 0.193. The highest BCUT2D eigenvalue weighted by Crippen LogP contribution is 2.44. The topological polar surface area (TPSA) is 16.1 Å². The molecule has 0 saturated carbocycles. The van der Waals surface area contributed by atoms with Gasteiger partial charge < -0.3 is 4.90 Å². The van der Waals surface area contributed by atoms with E-state index in [1.54, 1.807) is 0 Å². The van der Waals surface area contributed by atoms with Crippen LogP contribution in [0.4, 0.5) is 5.69 Å². The maximum Gasteiger partial charge on any atom is 0.0477 e. The molecule has 43 heavy (non-hydrogen) atoms. The molecule has 0 radical (unpaired) electrons.